The van der Waals surface area contributed by atoms with Crippen molar-refractivity contribution in [2.24, 2.45) is 7.05 Å². The molecule has 0 saturated carbocycles. The predicted octanol–water partition coefficient (Wildman–Crippen LogP) is 2.31. The molecular weight excluding hydrogens is 226 g/mol. The van der Waals surface area contributed by atoms with Crippen LogP contribution in [0.4, 0.5) is 5.69 Å². The first-order valence-electron chi connectivity index (χ1n) is 5.83. The first kappa shape index (κ1) is 12.4. The number of rotatable bonds is 2. The molecule has 1 heterocycles. The van der Waals surface area contributed by atoms with E-state index in [1.807, 2.05) is 25.1 Å². The van der Waals surface area contributed by atoms with Crippen LogP contribution >= 0.6 is 0 Å². The summed E-state index contributed by atoms with van der Waals surface area (Å²) in [6, 6.07) is 6.00. The standard InChI is InChI=1S/C14H17N3O/c1-10-5-6-13(7-11(10)2)17(4)14(18)12-8-15-16(3)9-12/h5-9H,1-4H3. The van der Waals surface area contributed by atoms with Crippen molar-refractivity contribution < 1.29 is 4.79 Å². The van der Waals surface area contributed by atoms with Crippen molar-refractivity contribution in [1.29, 1.82) is 0 Å². The van der Waals surface area contributed by atoms with Crippen molar-refractivity contribution in [1.82, 2.24) is 9.78 Å². The second kappa shape index (κ2) is 4.64. The van der Waals surface area contributed by atoms with E-state index in [1.165, 1.54) is 11.1 Å². The second-order valence-electron chi connectivity index (χ2n) is 4.54. The Morgan fingerprint density at radius 2 is 2.00 bits per heavy atom. The summed E-state index contributed by atoms with van der Waals surface area (Å²) in [5.41, 5.74) is 3.89. The van der Waals surface area contributed by atoms with Gasteiger partial charge in [-0.15, -0.1) is 0 Å². The summed E-state index contributed by atoms with van der Waals surface area (Å²) < 4.78 is 1.63. The van der Waals surface area contributed by atoms with Crippen LogP contribution in [0.3, 0.4) is 0 Å². The third-order valence-corrected chi connectivity index (χ3v) is 3.13. The lowest BCUT2D eigenvalue weighted by Crippen LogP contribution is -2.25. The smallest absolute Gasteiger partial charge is 0.261 e. The molecule has 0 saturated heterocycles. The van der Waals surface area contributed by atoms with Gasteiger partial charge in [-0.25, -0.2) is 0 Å². The summed E-state index contributed by atoms with van der Waals surface area (Å²) in [7, 11) is 3.58. The van der Waals surface area contributed by atoms with Gasteiger partial charge in [0.2, 0.25) is 0 Å². The molecule has 2 aromatic rings. The molecule has 0 radical (unpaired) electrons. The molecule has 1 amide bonds. The first-order chi connectivity index (χ1) is 8.49. The summed E-state index contributed by atoms with van der Waals surface area (Å²) in [4.78, 5) is 13.9. The summed E-state index contributed by atoms with van der Waals surface area (Å²) in [6.45, 7) is 4.10. The van der Waals surface area contributed by atoms with Crippen LogP contribution in [0.15, 0.2) is 30.6 Å². The van der Waals surface area contributed by atoms with Gasteiger partial charge in [0.1, 0.15) is 0 Å². The Hall–Kier alpha value is -2.10. The molecule has 0 fully saturated rings. The highest BCUT2D eigenvalue weighted by atomic mass is 16.2. The predicted molar refractivity (Wildman–Crippen MR) is 71.9 cm³/mol. The van der Waals surface area contributed by atoms with Crippen molar-refractivity contribution in [3.8, 4) is 0 Å². The average Bonchev–Trinajstić information content (AvgIpc) is 2.77. The van der Waals surface area contributed by atoms with Crippen LogP contribution in [0.1, 0.15) is 21.5 Å². The highest BCUT2D eigenvalue weighted by Gasteiger charge is 2.15. The first-order valence-corrected chi connectivity index (χ1v) is 5.83. The maximum Gasteiger partial charge on any atom is 0.261 e. The molecule has 0 N–H and O–H groups in total. The maximum absolute atomic E-state index is 12.2. The number of anilines is 1. The Kier molecular flexibility index (Phi) is 3.19. The minimum atomic E-state index is -0.0497. The largest absolute Gasteiger partial charge is 0.311 e. The van der Waals surface area contributed by atoms with Gasteiger partial charge in [-0.3, -0.25) is 9.48 Å². The number of hydrogen-bond donors (Lipinski definition) is 0. The molecule has 4 heteroatoms. The van der Waals surface area contributed by atoms with Gasteiger partial charge in [-0.05, 0) is 37.1 Å². The summed E-state index contributed by atoms with van der Waals surface area (Å²) >= 11 is 0. The van der Waals surface area contributed by atoms with E-state index in [1.54, 1.807) is 36.1 Å². The second-order valence-corrected chi connectivity index (χ2v) is 4.54. The van der Waals surface area contributed by atoms with E-state index in [2.05, 4.69) is 12.0 Å². The molecule has 0 aliphatic heterocycles. The van der Waals surface area contributed by atoms with Crippen LogP contribution < -0.4 is 4.90 Å². The zero-order valence-electron chi connectivity index (χ0n) is 11.1. The number of nitrogens with zero attached hydrogens (tertiary/aromatic N) is 3. The maximum atomic E-state index is 12.2. The van der Waals surface area contributed by atoms with E-state index in [0.717, 1.165) is 5.69 Å². The van der Waals surface area contributed by atoms with Gasteiger partial charge < -0.3 is 4.90 Å². The molecule has 94 valence electrons. The van der Waals surface area contributed by atoms with E-state index in [9.17, 15) is 4.79 Å². The topological polar surface area (TPSA) is 38.1 Å². The normalized spacial score (nSPS) is 10.4. The zero-order chi connectivity index (χ0) is 13.3. The Labute approximate surface area is 107 Å². The molecule has 1 aromatic heterocycles. The fourth-order valence-corrected chi connectivity index (χ4v) is 1.78. The summed E-state index contributed by atoms with van der Waals surface area (Å²) in [5.74, 6) is -0.0497. The molecule has 0 bridgehead atoms. The number of hydrogen-bond acceptors (Lipinski definition) is 2. The minimum absolute atomic E-state index is 0.0497. The van der Waals surface area contributed by atoms with E-state index in [4.69, 9.17) is 0 Å². The number of aryl methyl sites for hydroxylation is 3. The number of carbonyl (C=O) groups is 1. The van der Waals surface area contributed by atoms with Crippen molar-refractivity contribution in [3.05, 3.63) is 47.3 Å². The lowest BCUT2D eigenvalue weighted by Gasteiger charge is -2.17. The van der Waals surface area contributed by atoms with Gasteiger partial charge in [0.05, 0.1) is 11.8 Å². The Bertz CT molecular complexity index is 586. The van der Waals surface area contributed by atoms with Crippen LogP contribution in [0, 0.1) is 13.8 Å². The number of benzene rings is 1. The lowest BCUT2D eigenvalue weighted by molar-refractivity contribution is 0.0993. The third kappa shape index (κ3) is 2.27. The van der Waals surface area contributed by atoms with Crippen LogP contribution in [-0.2, 0) is 7.05 Å². The van der Waals surface area contributed by atoms with Crippen molar-refractivity contribution >= 4 is 11.6 Å². The van der Waals surface area contributed by atoms with Gasteiger partial charge >= 0.3 is 0 Å². The zero-order valence-corrected chi connectivity index (χ0v) is 11.1. The molecule has 1 aromatic carbocycles. The summed E-state index contributed by atoms with van der Waals surface area (Å²) in [6.07, 6.45) is 3.31. The fraction of sp³-hybridized carbons (Fsp3) is 0.286. The average molecular weight is 243 g/mol. The Morgan fingerprint density at radius 1 is 1.28 bits per heavy atom. The molecule has 4 nitrogen and oxygen atoms in total. The SMILES string of the molecule is Cc1ccc(N(C)C(=O)c2cnn(C)c2)cc1C. The van der Waals surface area contributed by atoms with Gasteiger partial charge in [0.25, 0.3) is 5.91 Å². The molecule has 0 aliphatic carbocycles. The molecule has 0 atom stereocenters. The van der Waals surface area contributed by atoms with Crippen LogP contribution in [-0.4, -0.2) is 22.7 Å². The van der Waals surface area contributed by atoms with Gasteiger partial charge in [0.15, 0.2) is 0 Å². The van der Waals surface area contributed by atoms with E-state index >= 15 is 0 Å². The number of amides is 1. The number of carbonyl (C=O) groups excluding carboxylic acids is 1. The highest BCUT2D eigenvalue weighted by molar-refractivity contribution is 6.05. The molecule has 0 spiro atoms. The minimum Gasteiger partial charge on any atom is -0.311 e. The van der Waals surface area contributed by atoms with Gasteiger partial charge in [-0.1, -0.05) is 6.07 Å². The van der Waals surface area contributed by atoms with Crippen molar-refractivity contribution in [3.63, 3.8) is 0 Å². The fourth-order valence-electron chi connectivity index (χ4n) is 1.78. The van der Waals surface area contributed by atoms with Crippen LogP contribution in [0.5, 0.6) is 0 Å². The van der Waals surface area contributed by atoms with Crippen molar-refractivity contribution in [2.45, 2.75) is 13.8 Å². The van der Waals surface area contributed by atoms with E-state index in [0.29, 0.717) is 5.56 Å². The molecule has 0 aliphatic rings. The Balaban J connectivity index is 2.28. The van der Waals surface area contributed by atoms with Crippen molar-refractivity contribution in [2.75, 3.05) is 11.9 Å². The van der Waals surface area contributed by atoms with Crippen LogP contribution in [0.2, 0.25) is 0 Å². The summed E-state index contributed by atoms with van der Waals surface area (Å²) in [5, 5.41) is 4.01. The number of aromatic nitrogens is 2. The van der Waals surface area contributed by atoms with Crippen LogP contribution in [0.25, 0.3) is 0 Å². The highest BCUT2D eigenvalue weighted by Crippen LogP contribution is 2.19. The Morgan fingerprint density at radius 3 is 2.56 bits per heavy atom. The molecule has 0 unspecified atom stereocenters. The molecular formula is C14H17N3O. The molecule has 2 rings (SSSR count). The quantitative estimate of drug-likeness (QED) is 0.811. The van der Waals surface area contributed by atoms with E-state index < -0.39 is 0 Å². The molecule has 18 heavy (non-hydrogen) atoms. The van der Waals surface area contributed by atoms with Gasteiger partial charge in [-0.2, -0.15) is 5.10 Å². The third-order valence-electron chi connectivity index (χ3n) is 3.13. The van der Waals surface area contributed by atoms with Gasteiger partial charge in [0, 0.05) is 26.0 Å². The monoisotopic (exact) mass is 243 g/mol. The van der Waals surface area contributed by atoms with E-state index in [-0.39, 0.29) is 5.91 Å². The lowest BCUT2D eigenvalue weighted by atomic mass is 10.1.